The molecule has 8 nitrogen and oxygen atoms in total. The van der Waals surface area contributed by atoms with E-state index in [1.807, 2.05) is 42.0 Å². The lowest BCUT2D eigenvalue weighted by atomic mass is 10.3. The van der Waals surface area contributed by atoms with Crippen molar-refractivity contribution in [1.29, 1.82) is 0 Å². The predicted molar refractivity (Wildman–Crippen MR) is 105 cm³/mol. The zero-order chi connectivity index (χ0) is 18.7. The topological polar surface area (TPSA) is 71.7 Å². The summed E-state index contributed by atoms with van der Waals surface area (Å²) >= 11 is 6.91. The van der Waals surface area contributed by atoms with Gasteiger partial charge in [-0.1, -0.05) is 5.16 Å². The first-order valence-electron chi connectivity index (χ1n) is 7.77. The normalized spacial score (nSPS) is 11.6. The average molecular weight is 382 g/mol. The molecule has 0 radical (unpaired) electrons. The summed E-state index contributed by atoms with van der Waals surface area (Å²) in [6.45, 7) is 6.82. The SMILES string of the molecule is CCn1c(C)c(/C(C)=N/Oc2nc(N(C)C)nc(N(C)C)n2)sc1=S. The number of nitrogens with zero attached hydrogens (tertiary/aromatic N) is 7. The second-order valence-electron chi connectivity index (χ2n) is 5.80. The van der Waals surface area contributed by atoms with Gasteiger partial charge < -0.3 is 19.2 Å². The second kappa shape index (κ2) is 7.87. The smallest absolute Gasteiger partial charge is 0.347 e. The van der Waals surface area contributed by atoms with E-state index >= 15 is 0 Å². The molecule has 0 aromatic carbocycles. The molecule has 0 amide bonds. The highest BCUT2D eigenvalue weighted by Crippen LogP contribution is 2.21. The molecule has 136 valence electrons. The number of aromatic nitrogens is 4. The van der Waals surface area contributed by atoms with Gasteiger partial charge in [0, 0.05) is 40.4 Å². The van der Waals surface area contributed by atoms with Gasteiger partial charge in [-0.15, -0.1) is 11.3 Å². The number of hydrogen-bond acceptors (Lipinski definition) is 9. The molecule has 10 heteroatoms. The van der Waals surface area contributed by atoms with E-state index in [1.165, 1.54) is 11.3 Å². The van der Waals surface area contributed by atoms with Crippen LogP contribution < -0.4 is 14.6 Å². The largest absolute Gasteiger partial charge is 0.352 e. The number of oxime groups is 1. The van der Waals surface area contributed by atoms with Crippen LogP contribution in [0.1, 0.15) is 24.4 Å². The van der Waals surface area contributed by atoms with Crippen molar-refractivity contribution in [2.75, 3.05) is 38.0 Å². The first kappa shape index (κ1) is 19.3. The maximum Gasteiger partial charge on any atom is 0.352 e. The molecule has 0 fully saturated rings. The van der Waals surface area contributed by atoms with Crippen LogP contribution >= 0.6 is 23.6 Å². The average Bonchev–Trinajstić information content (AvgIpc) is 2.86. The molecule has 0 aliphatic rings. The molecule has 2 aromatic rings. The summed E-state index contributed by atoms with van der Waals surface area (Å²) in [4.78, 5) is 22.9. The minimum atomic E-state index is 0.151. The molecule has 2 heterocycles. The van der Waals surface area contributed by atoms with Crippen molar-refractivity contribution in [3.05, 3.63) is 14.5 Å². The van der Waals surface area contributed by atoms with E-state index in [0.717, 1.165) is 26.8 Å². The summed E-state index contributed by atoms with van der Waals surface area (Å²) < 4.78 is 2.90. The van der Waals surface area contributed by atoms with Crippen LogP contribution in [-0.4, -0.2) is 53.4 Å². The molecule has 2 rings (SSSR count). The fourth-order valence-electron chi connectivity index (χ4n) is 2.10. The van der Waals surface area contributed by atoms with E-state index in [4.69, 9.17) is 17.1 Å². The summed E-state index contributed by atoms with van der Waals surface area (Å²) in [5.74, 6) is 1.01. The van der Waals surface area contributed by atoms with Crippen molar-refractivity contribution in [3.8, 4) is 6.01 Å². The van der Waals surface area contributed by atoms with Crippen molar-refractivity contribution in [3.63, 3.8) is 0 Å². The Bertz CT molecular complexity index is 813. The van der Waals surface area contributed by atoms with Crippen LogP contribution in [0.3, 0.4) is 0 Å². The molecule has 0 saturated heterocycles. The van der Waals surface area contributed by atoms with Gasteiger partial charge in [-0.05, 0) is 33.0 Å². The maximum absolute atomic E-state index is 5.48. The molecule has 2 aromatic heterocycles. The Kier molecular flexibility index (Phi) is 6.07. The number of rotatable bonds is 6. The van der Waals surface area contributed by atoms with E-state index < -0.39 is 0 Å². The van der Waals surface area contributed by atoms with E-state index in [-0.39, 0.29) is 6.01 Å². The van der Waals surface area contributed by atoms with Crippen LogP contribution in [0.15, 0.2) is 5.16 Å². The molecule has 0 unspecified atom stereocenters. The van der Waals surface area contributed by atoms with Gasteiger partial charge in [0.25, 0.3) is 0 Å². The molecule has 0 spiro atoms. The van der Waals surface area contributed by atoms with E-state index in [0.29, 0.717) is 11.9 Å². The number of hydrogen-bond donors (Lipinski definition) is 0. The van der Waals surface area contributed by atoms with Gasteiger partial charge in [0.1, 0.15) is 0 Å². The van der Waals surface area contributed by atoms with Crippen molar-refractivity contribution in [1.82, 2.24) is 19.5 Å². The third-order valence-electron chi connectivity index (χ3n) is 3.44. The van der Waals surface area contributed by atoms with Crippen molar-refractivity contribution in [2.45, 2.75) is 27.3 Å². The molecule has 0 atom stereocenters. The third-order valence-corrected chi connectivity index (χ3v) is 5.10. The Morgan fingerprint density at radius 2 is 1.72 bits per heavy atom. The van der Waals surface area contributed by atoms with Gasteiger partial charge in [-0.2, -0.15) is 15.0 Å². The summed E-state index contributed by atoms with van der Waals surface area (Å²) in [6, 6.07) is 0.151. The Labute approximate surface area is 156 Å². The van der Waals surface area contributed by atoms with Crippen LogP contribution in [-0.2, 0) is 6.54 Å². The van der Waals surface area contributed by atoms with Crippen LogP contribution in [0, 0.1) is 10.9 Å². The standard InChI is InChI=1S/C15H23N7OS2/c1-8-22-10(3)11(25-15(22)24)9(2)19-23-14-17-12(20(4)5)16-13(18-14)21(6)7/h8H2,1-7H3/b19-9+. The highest BCUT2D eigenvalue weighted by atomic mass is 32.1. The maximum atomic E-state index is 5.48. The van der Waals surface area contributed by atoms with E-state index in [9.17, 15) is 0 Å². The Hall–Kier alpha value is -2.07. The lowest BCUT2D eigenvalue weighted by Crippen LogP contribution is -2.19. The van der Waals surface area contributed by atoms with E-state index in [2.05, 4.69) is 31.6 Å². The lowest BCUT2D eigenvalue weighted by molar-refractivity contribution is 0.312. The van der Waals surface area contributed by atoms with Gasteiger partial charge in [-0.25, -0.2) is 0 Å². The van der Waals surface area contributed by atoms with Gasteiger partial charge in [0.15, 0.2) is 3.95 Å². The molecular formula is C15H23N7OS2. The van der Waals surface area contributed by atoms with Gasteiger partial charge in [0.2, 0.25) is 11.9 Å². The fourth-order valence-corrected chi connectivity index (χ4v) is 3.61. The summed E-state index contributed by atoms with van der Waals surface area (Å²) in [5.41, 5.74) is 1.82. The number of thiazole rings is 1. The Balaban J connectivity index is 2.33. The minimum absolute atomic E-state index is 0.151. The summed E-state index contributed by atoms with van der Waals surface area (Å²) in [6.07, 6.45) is 0. The third kappa shape index (κ3) is 4.31. The summed E-state index contributed by atoms with van der Waals surface area (Å²) in [5, 5.41) is 4.19. The first-order valence-corrected chi connectivity index (χ1v) is 9.00. The van der Waals surface area contributed by atoms with Crippen LogP contribution in [0.4, 0.5) is 11.9 Å². The molecule has 0 saturated carbocycles. The molecule has 0 aliphatic heterocycles. The zero-order valence-electron chi connectivity index (χ0n) is 15.6. The van der Waals surface area contributed by atoms with Gasteiger partial charge in [0.05, 0.1) is 10.6 Å². The Morgan fingerprint density at radius 3 is 2.16 bits per heavy atom. The fraction of sp³-hybridized carbons (Fsp3) is 0.533. The lowest BCUT2D eigenvalue weighted by Gasteiger charge is -2.15. The molecule has 25 heavy (non-hydrogen) atoms. The second-order valence-corrected chi connectivity index (χ2v) is 7.45. The first-order chi connectivity index (χ1) is 11.7. The van der Waals surface area contributed by atoms with Gasteiger partial charge in [-0.3, -0.25) is 0 Å². The van der Waals surface area contributed by atoms with Crippen LogP contribution in [0.25, 0.3) is 0 Å². The van der Waals surface area contributed by atoms with Crippen molar-refractivity contribution in [2.24, 2.45) is 5.16 Å². The van der Waals surface area contributed by atoms with Crippen LogP contribution in [0.5, 0.6) is 6.01 Å². The molecule has 0 N–H and O–H groups in total. The molecular weight excluding hydrogens is 358 g/mol. The molecule has 0 bridgehead atoms. The van der Waals surface area contributed by atoms with Crippen LogP contribution in [0.2, 0.25) is 0 Å². The Morgan fingerprint density at radius 1 is 1.16 bits per heavy atom. The quantitative estimate of drug-likeness (QED) is 0.433. The minimum Gasteiger partial charge on any atom is -0.347 e. The highest BCUT2D eigenvalue weighted by Gasteiger charge is 2.13. The van der Waals surface area contributed by atoms with Crippen molar-refractivity contribution < 1.29 is 4.84 Å². The number of anilines is 2. The summed E-state index contributed by atoms with van der Waals surface area (Å²) in [7, 11) is 7.43. The zero-order valence-corrected chi connectivity index (χ0v) is 17.2. The van der Waals surface area contributed by atoms with E-state index in [1.54, 1.807) is 9.80 Å². The predicted octanol–water partition coefficient (Wildman–Crippen LogP) is 2.73. The highest BCUT2D eigenvalue weighted by molar-refractivity contribution is 7.73. The molecule has 0 aliphatic carbocycles. The monoisotopic (exact) mass is 381 g/mol. The van der Waals surface area contributed by atoms with Crippen molar-refractivity contribution >= 4 is 41.2 Å². The van der Waals surface area contributed by atoms with Gasteiger partial charge >= 0.3 is 6.01 Å².